The summed E-state index contributed by atoms with van der Waals surface area (Å²) in [7, 11) is 2.83. The molecule has 0 saturated carbocycles. The van der Waals surface area contributed by atoms with E-state index in [1.165, 1.54) is 20.3 Å². The average Bonchev–Trinajstić information content (AvgIpc) is 2.77. The van der Waals surface area contributed by atoms with Crippen molar-refractivity contribution in [3.8, 4) is 5.75 Å². The van der Waals surface area contributed by atoms with E-state index in [4.69, 9.17) is 9.47 Å². The monoisotopic (exact) mass is 382 g/mol. The lowest BCUT2D eigenvalue weighted by Crippen LogP contribution is -2.50. The predicted molar refractivity (Wildman–Crippen MR) is 103 cm³/mol. The van der Waals surface area contributed by atoms with Gasteiger partial charge in [0.1, 0.15) is 5.75 Å². The van der Waals surface area contributed by atoms with Gasteiger partial charge in [0, 0.05) is 31.7 Å². The summed E-state index contributed by atoms with van der Waals surface area (Å²) < 4.78 is 9.96. The minimum Gasteiger partial charge on any atom is -0.496 e. The van der Waals surface area contributed by atoms with Gasteiger partial charge >= 0.3 is 5.97 Å². The van der Waals surface area contributed by atoms with Crippen LogP contribution in [0.2, 0.25) is 0 Å². The van der Waals surface area contributed by atoms with Crippen LogP contribution in [0.4, 0.5) is 0 Å². The number of carbonyl (C=O) groups excluding carboxylic acids is 3. The summed E-state index contributed by atoms with van der Waals surface area (Å²) in [6, 6.07) is 13.5. The van der Waals surface area contributed by atoms with E-state index in [-0.39, 0.29) is 11.8 Å². The Bertz CT molecular complexity index is 888. The van der Waals surface area contributed by atoms with Crippen molar-refractivity contribution in [1.82, 2.24) is 9.80 Å². The summed E-state index contributed by atoms with van der Waals surface area (Å²) in [6.07, 6.45) is 0. The molecule has 0 unspecified atom stereocenters. The molecule has 0 aromatic heterocycles. The van der Waals surface area contributed by atoms with Crippen LogP contribution in [-0.2, 0) is 4.74 Å². The molecule has 146 valence electrons. The van der Waals surface area contributed by atoms with Gasteiger partial charge in [0.15, 0.2) is 0 Å². The summed E-state index contributed by atoms with van der Waals surface area (Å²) >= 11 is 0. The zero-order valence-corrected chi connectivity index (χ0v) is 15.9. The maximum atomic E-state index is 12.8. The first kappa shape index (κ1) is 19.4. The van der Waals surface area contributed by atoms with Gasteiger partial charge in [-0.3, -0.25) is 9.59 Å². The molecule has 1 heterocycles. The first-order chi connectivity index (χ1) is 13.5. The third-order valence-electron chi connectivity index (χ3n) is 4.72. The molecule has 1 saturated heterocycles. The van der Waals surface area contributed by atoms with Gasteiger partial charge in [-0.1, -0.05) is 18.2 Å². The Morgan fingerprint density at radius 3 is 2.04 bits per heavy atom. The van der Waals surface area contributed by atoms with Gasteiger partial charge in [0.25, 0.3) is 11.8 Å². The highest BCUT2D eigenvalue weighted by Gasteiger charge is 2.27. The van der Waals surface area contributed by atoms with Crippen molar-refractivity contribution in [1.29, 1.82) is 0 Å². The molecule has 28 heavy (non-hydrogen) atoms. The smallest absolute Gasteiger partial charge is 0.337 e. The molecular formula is C21H22N2O5. The Morgan fingerprint density at radius 2 is 1.39 bits per heavy atom. The molecule has 1 aliphatic heterocycles. The molecule has 2 amide bonds. The van der Waals surface area contributed by atoms with Gasteiger partial charge in [-0.05, 0) is 30.3 Å². The molecule has 0 radical (unpaired) electrons. The van der Waals surface area contributed by atoms with Gasteiger partial charge in [-0.25, -0.2) is 4.79 Å². The molecule has 1 aliphatic rings. The van der Waals surface area contributed by atoms with Crippen LogP contribution in [0.15, 0.2) is 48.5 Å². The van der Waals surface area contributed by atoms with Crippen molar-refractivity contribution in [2.75, 3.05) is 40.4 Å². The van der Waals surface area contributed by atoms with Gasteiger partial charge in [-0.15, -0.1) is 0 Å². The largest absolute Gasteiger partial charge is 0.496 e. The first-order valence-corrected chi connectivity index (χ1v) is 8.95. The molecular weight excluding hydrogens is 360 g/mol. The number of amides is 2. The number of nitrogens with zero attached hydrogens (tertiary/aromatic N) is 2. The number of hydrogen-bond acceptors (Lipinski definition) is 5. The van der Waals surface area contributed by atoms with Crippen molar-refractivity contribution in [3.63, 3.8) is 0 Å². The van der Waals surface area contributed by atoms with Crippen LogP contribution in [0.3, 0.4) is 0 Å². The fourth-order valence-electron chi connectivity index (χ4n) is 3.18. The molecule has 0 aliphatic carbocycles. The fraction of sp³-hybridized carbons (Fsp3) is 0.286. The number of para-hydroxylation sites is 1. The zero-order chi connectivity index (χ0) is 20.1. The highest BCUT2D eigenvalue weighted by Crippen LogP contribution is 2.20. The molecule has 0 bridgehead atoms. The molecule has 7 nitrogen and oxygen atoms in total. The van der Waals surface area contributed by atoms with Crippen LogP contribution in [-0.4, -0.2) is 68.0 Å². The van der Waals surface area contributed by atoms with E-state index in [0.29, 0.717) is 48.6 Å². The molecule has 2 aromatic carbocycles. The molecule has 2 aromatic rings. The Kier molecular flexibility index (Phi) is 5.93. The van der Waals surface area contributed by atoms with Crippen LogP contribution in [0, 0.1) is 0 Å². The lowest BCUT2D eigenvalue weighted by molar-refractivity contribution is 0.0533. The van der Waals surface area contributed by atoms with E-state index in [0.717, 1.165) is 0 Å². The number of esters is 1. The van der Waals surface area contributed by atoms with Gasteiger partial charge in [-0.2, -0.15) is 0 Å². The average molecular weight is 382 g/mol. The summed E-state index contributed by atoms with van der Waals surface area (Å²) in [5.41, 5.74) is 1.27. The number of methoxy groups -OCH3 is 2. The highest BCUT2D eigenvalue weighted by atomic mass is 16.5. The predicted octanol–water partition coefficient (Wildman–Crippen LogP) is 2.08. The van der Waals surface area contributed by atoms with Crippen molar-refractivity contribution >= 4 is 17.8 Å². The maximum absolute atomic E-state index is 12.8. The second-order valence-corrected chi connectivity index (χ2v) is 6.36. The second-order valence-electron chi connectivity index (χ2n) is 6.36. The van der Waals surface area contributed by atoms with E-state index in [9.17, 15) is 14.4 Å². The maximum Gasteiger partial charge on any atom is 0.337 e. The van der Waals surface area contributed by atoms with Gasteiger partial charge in [0.2, 0.25) is 0 Å². The quantitative estimate of drug-likeness (QED) is 0.757. The summed E-state index contributed by atoms with van der Waals surface area (Å²) in [5, 5.41) is 0. The Balaban J connectivity index is 1.66. The van der Waals surface area contributed by atoms with Crippen molar-refractivity contribution in [2.45, 2.75) is 0 Å². The summed E-state index contributed by atoms with van der Waals surface area (Å²) in [5.74, 6) is -0.236. The molecule has 7 heteroatoms. The lowest BCUT2D eigenvalue weighted by Gasteiger charge is -2.35. The van der Waals surface area contributed by atoms with Crippen LogP contribution in [0.1, 0.15) is 31.1 Å². The SMILES string of the molecule is COC(=O)c1cccc(C(=O)N2CCN(C(=O)c3ccccc3OC)CC2)c1. The van der Waals surface area contributed by atoms with Crippen LogP contribution in [0.25, 0.3) is 0 Å². The fourth-order valence-corrected chi connectivity index (χ4v) is 3.18. The number of ether oxygens (including phenoxy) is 2. The number of hydrogen-bond donors (Lipinski definition) is 0. The van der Waals surface area contributed by atoms with Crippen molar-refractivity contribution in [2.24, 2.45) is 0 Å². The third-order valence-corrected chi connectivity index (χ3v) is 4.72. The molecule has 3 rings (SSSR count). The van der Waals surface area contributed by atoms with Crippen LogP contribution in [0.5, 0.6) is 5.75 Å². The van der Waals surface area contributed by atoms with Gasteiger partial charge in [0.05, 0.1) is 25.3 Å². The minimum atomic E-state index is -0.484. The molecule has 0 N–H and O–H groups in total. The first-order valence-electron chi connectivity index (χ1n) is 8.95. The third kappa shape index (κ3) is 3.98. The van der Waals surface area contributed by atoms with Crippen molar-refractivity contribution < 1.29 is 23.9 Å². The molecule has 0 spiro atoms. The highest BCUT2D eigenvalue weighted by molar-refractivity contribution is 5.99. The number of benzene rings is 2. The molecule has 1 fully saturated rings. The van der Waals surface area contributed by atoms with Crippen LogP contribution < -0.4 is 4.74 Å². The van der Waals surface area contributed by atoms with E-state index in [1.807, 2.05) is 6.07 Å². The van der Waals surface area contributed by atoms with E-state index < -0.39 is 5.97 Å². The number of piperazine rings is 1. The van der Waals surface area contributed by atoms with Gasteiger partial charge < -0.3 is 19.3 Å². The topological polar surface area (TPSA) is 76.2 Å². The number of carbonyl (C=O) groups is 3. The Morgan fingerprint density at radius 1 is 0.786 bits per heavy atom. The Labute approximate surface area is 163 Å². The second kappa shape index (κ2) is 8.56. The van der Waals surface area contributed by atoms with E-state index in [2.05, 4.69) is 0 Å². The summed E-state index contributed by atoms with van der Waals surface area (Å²) in [6.45, 7) is 1.70. The lowest BCUT2D eigenvalue weighted by atomic mass is 10.1. The zero-order valence-electron chi connectivity index (χ0n) is 15.9. The minimum absolute atomic E-state index is 0.114. The summed E-state index contributed by atoms with van der Waals surface area (Å²) in [4.78, 5) is 40.6. The standard InChI is InChI=1S/C21H22N2O5/c1-27-18-9-4-3-8-17(18)20(25)23-12-10-22(11-13-23)19(24)15-6-5-7-16(14-15)21(26)28-2/h3-9,14H,10-13H2,1-2H3. The van der Waals surface area contributed by atoms with Crippen LogP contribution >= 0.6 is 0 Å². The van der Waals surface area contributed by atoms with Crippen molar-refractivity contribution in [3.05, 3.63) is 65.2 Å². The Hall–Kier alpha value is -3.35. The molecule has 0 atom stereocenters. The number of rotatable bonds is 4. The normalized spacial score (nSPS) is 13.8. The van der Waals surface area contributed by atoms with E-state index in [1.54, 1.807) is 46.2 Å². The van der Waals surface area contributed by atoms with E-state index >= 15 is 0 Å².